The topological polar surface area (TPSA) is 49.3 Å². The molecule has 1 atom stereocenters. The van der Waals surface area contributed by atoms with Crippen LogP contribution < -0.4 is 5.32 Å². The minimum atomic E-state index is -0.842. The van der Waals surface area contributed by atoms with Gasteiger partial charge in [0.25, 0.3) is 0 Å². The van der Waals surface area contributed by atoms with Gasteiger partial charge in [-0.1, -0.05) is 12.1 Å². The normalized spacial score (nSPS) is 12.2. The van der Waals surface area contributed by atoms with Crippen molar-refractivity contribution in [1.82, 2.24) is 0 Å². The molecule has 2 N–H and O–H groups in total. The van der Waals surface area contributed by atoms with Crippen LogP contribution in [0.1, 0.15) is 18.1 Å². The van der Waals surface area contributed by atoms with Crippen molar-refractivity contribution < 1.29 is 9.90 Å². The Hall–Kier alpha value is -1.51. The van der Waals surface area contributed by atoms with Crippen LogP contribution in [-0.2, 0) is 4.79 Å². The fraction of sp³-hybridized carbons (Fsp3) is 0.364. The van der Waals surface area contributed by atoms with Crippen molar-refractivity contribution in [2.24, 2.45) is 0 Å². The molecule has 0 radical (unpaired) electrons. The molecule has 1 aromatic carbocycles. The molecule has 0 aliphatic carbocycles. The van der Waals surface area contributed by atoms with Gasteiger partial charge in [-0.05, 0) is 38.0 Å². The van der Waals surface area contributed by atoms with Crippen molar-refractivity contribution in [1.29, 1.82) is 0 Å². The van der Waals surface area contributed by atoms with Crippen molar-refractivity contribution in [3.8, 4) is 0 Å². The van der Waals surface area contributed by atoms with Crippen LogP contribution in [0.25, 0.3) is 0 Å². The lowest BCUT2D eigenvalue weighted by molar-refractivity contribution is -0.137. The predicted molar refractivity (Wildman–Crippen MR) is 56.6 cm³/mol. The van der Waals surface area contributed by atoms with Crippen molar-refractivity contribution in [2.45, 2.75) is 26.8 Å². The molecule has 0 bridgehead atoms. The molecule has 0 aromatic heterocycles. The van der Waals surface area contributed by atoms with Crippen LogP contribution in [0.4, 0.5) is 5.69 Å². The number of anilines is 1. The summed E-state index contributed by atoms with van der Waals surface area (Å²) in [5, 5.41) is 11.7. The van der Waals surface area contributed by atoms with Gasteiger partial charge in [-0.2, -0.15) is 0 Å². The van der Waals surface area contributed by atoms with Crippen LogP contribution in [0, 0.1) is 13.8 Å². The fourth-order valence-electron chi connectivity index (χ4n) is 1.19. The number of rotatable bonds is 3. The van der Waals surface area contributed by atoms with E-state index < -0.39 is 12.0 Å². The third kappa shape index (κ3) is 2.49. The molecule has 0 fully saturated rings. The highest BCUT2D eigenvalue weighted by Gasteiger charge is 2.10. The van der Waals surface area contributed by atoms with E-state index in [-0.39, 0.29) is 0 Å². The van der Waals surface area contributed by atoms with E-state index in [1.54, 1.807) is 6.92 Å². The van der Waals surface area contributed by atoms with Gasteiger partial charge >= 0.3 is 5.97 Å². The quantitative estimate of drug-likeness (QED) is 0.773. The number of aliphatic carboxylic acids is 1. The summed E-state index contributed by atoms with van der Waals surface area (Å²) >= 11 is 0. The van der Waals surface area contributed by atoms with Crippen molar-refractivity contribution in [3.05, 3.63) is 29.3 Å². The summed E-state index contributed by atoms with van der Waals surface area (Å²) in [6, 6.07) is 5.38. The standard InChI is InChI=1S/C11H15NO2/c1-7-4-5-8(2)10(6-7)12-9(3)11(13)14/h4-6,9,12H,1-3H3,(H,13,14)/t9-/m1/s1. The lowest BCUT2D eigenvalue weighted by atomic mass is 10.1. The van der Waals surface area contributed by atoms with Gasteiger partial charge in [0.1, 0.15) is 6.04 Å². The first-order chi connectivity index (χ1) is 6.50. The predicted octanol–water partition coefficient (Wildman–Crippen LogP) is 2.19. The maximum absolute atomic E-state index is 10.6. The molecule has 76 valence electrons. The smallest absolute Gasteiger partial charge is 0.325 e. The van der Waals surface area contributed by atoms with Crippen LogP contribution in [0.3, 0.4) is 0 Å². The summed E-state index contributed by atoms with van der Waals surface area (Å²) in [4.78, 5) is 10.6. The minimum absolute atomic E-state index is 0.560. The first-order valence-electron chi connectivity index (χ1n) is 4.57. The molecule has 0 aliphatic heterocycles. The van der Waals surface area contributed by atoms with E-state index >= 15 is 0 Å². The van der Waals surface area contributed by atoms with E-state index in [1.807, 2.05) is 32.0 Å². The Balaban J connectivity index is 2.85. The summed E-state index contributed by atoms with van der Waals surface area (Å²) in [5.41, 5.74) is 3.07. The van der Waals surface area contributed by atoms with Crippen molar-refractivity contribution >= 4 is 11.7 Å². The second-order valence-corrected chi connectivity index (χ2v) is 3.52. The van der Waals surface area contributed by atoms with Gasteiger partial charge in [0.15, 0.2) is 0 Å². The summed E-state index contributed by atoms with van der Waals surface area (Å²) in [5.74, 6) is -0.842. The lowest BCUT2D eigenvalue weighted by Gasteiger charge is -2.13. The number of hydrogen-bond acceptors (Lipinski definition) is 2. The van der Waals surface area contributed by atoms with Crippen LogP contribution >= 0.6 is 0 Å². The van der Waals surface area contributed by atoms with Gasteiger partial charge in [0, 0.05) is 5.69 Å². The molecule has 3 heteroatoms. The van der Waals surface area contributed by atoms with E-state index in [9.17, 15) is 4.79 Å². The number of carbonyl (C=O) groups is 1. The Morgan fingerprint density at radius 2 is 2.07 bits per heavy atom. The van der Waals surface area contributed by atoms with E-state index in [4.69, 9.17) is 5.11 Å². The average Bonchev–Trinajstić information content (AvgIpc) is 2.11. The number of benzene rings is 1. The Labute approximate surface area is 83.8 Å². The summed E-state index contributed by atoms with van der Waals surface area (Å²) in [7, 11) is 0. The number of carboxylic acids is 1. The van der Waals surface area contributed by atoms with Gasteiger partial charge < -0.3 is 10.4 Å². The second kappa shape index (κ2) is 4.13. The van der Waals surface area contributed by atoms with E-state index in [1.165, 1.54) is 0 Å². The zero-order valence-corrected chi connectivity index (χ0v) is 8.66. The SMILES string of the molecule is Cc1ccc(C)c(N[C@H](C)C(=O)O)c1. The monoisotopic (exact) mass is 193 g/mol. The Morgan fingerprint density at radius 1 is 1.43 bits per heavy atom. The van der Waals surface area contributed by atoms with Gasteiger partial charge in [0.2, 0.25) is 0 Å². The molecule has 1 rings (SSSR count). The van der Waals surface area contributed by atoms with E-state index in [0.29, 0.717) is 0 Å². The van der Waals surface area contributed by atoms with Crippen molar-refractivity contribution in [2.75, 3.05) is 5.32 Å². The molecular formula is C11H15NO2. The van der Waals surface area contributed by atoms with Gasteiger partial charge in [-0.15, -0.1) is 0 Å². The summed E-state index contributed by atoms with van der Waals surface area (Å²) < 4.78 is 0. The fourth-order valence-corrected chi connectivity index (χ4v) is 1.19. The van der Waals surface area contributed by atoms with Crippen molar-refractivity contribution in [3.63, 3.8) is 0 Å². The molecule has 0 heterocycles. The molecule has 3 nitrogen and oxygen atoms in total. The molecule has 0 amide bonds. The molecule has 0 aliphatic rings. The highest BCUT2D eigenvalue weighted by atomic mass is 16.4. The Bertz CT molecular complexity index is 347. The molecule has 0 spiro atoms. The number of hydrogen-bond donors (Lipinski definition) is 2. The van der Waals surface area contributed by atoms with Gasteiger partial charge in [-0.3, -0.25) is 4.79 Å². The highest BCUT2D eigenvalue weighted by Crippen LogP contribution is 2.17. The second-order valence-electron chi connectivity index (χ2n) is 3.52. The number of aryl methyl sites for hydroxylation is 2. The van der Waals surface area contributed by atoms with E-state index in [2.05, 4.69) is 5.32 Å². The zero-order chi connectivity index (χ0) is 10.7. The first-order valence-corrected chi connectivity index (χ1v) is 4.57. The molecule has 14 heavy (non-hydrogen) atoms. The van der Waals surface area contributed by atoms with Gasteiger partial charge in [0.05, 0.1) is 0 Å². The van der Waals surface area contributed by atoms with Gasteiger partial charge in [-0.25, -0.2) is 0 Å². The molecule has 0 unspecified atom stereocenters. The average molecular weight is 193 g/mol. The third-order valence-electron chi connectivity index (χ3n) is 2.14. The number of nitrogens with one attached hydrogen (secondary N) is 1. The molecule has 1 aromatic rings. The minimum Gasteiger partial charge on any atom is -0.480 e. The molecule has 0 saturated heterocycles. The van der Waals surface area contributed by atoms with Crippen LogP contribution in [0.5, 0.6) is 0 Å². The van der Waals surface area contributed by atoms with Crippen LogP contribution in [0.15, 0.2) is 18.2 Å². The summed E-state index contributed by atoms with van der Waals surface area (Å²) in [6.45, 7) is 5.57. The first kappa shape index (κ1) is 10.6. The lowest BCUT2D eigenvalue weighted by Crippen LogP contribution is -2.25. The zero-order valence-electron chi connectivity index (χ0n) is 8.66. The molecular weight excluding hydrogens is 178 g/mol. The van der Waals surface area contributed by atoms with Crippen LogP contribution in [0.2, 0.25) is 0 Å². The van der Waals surface area contributed by atoms with E-state index in [0.717, 1.165) is 16.8 Å². The maximum atomic E-state index is 10.6. The highest BCUT2D eigenvalue weighted by molar-refractivity contribution is 5.77. The Morgan fingerprint density at radius 3 is 2.64 bits per heavy atom. The van der Waals surface area contributed by atoms with Crippen LogP contribution in [-0.4, -0.2) is 17.1 Å². The maximum Gasteiger partial charge on any atom is 0.325 e. The third-order valence-corrected chi connectivity index (χ3v) is 2.14. The molecule has 0 saturated carbocycles. The Kier molecular flexibility index (Phi) is 3.12. The summed E-state index contributed by atoms with van der Waals surface area (Å²) in [6.07, 6.45) is 0. The number of carboxylic acid groups (broad SMARTS) is 1. The largest absolute Gasteiger partial charge is 0.480 e.